The minimum atomic E-state index is -0.0475. The molecule has 0 spiro atoms. The monoisotopic (exact) mass is 381 g/mol. The van der Waals surface area contributed by atoms with Crippen molar-refractivity contribution in [2.24, 2.45) is 0 Å². The summed E-state index contributed by atoms with van der Waals surface area (Å²) in [6.07, 6.45) is 6.10. The van der Waals surface area contributed by atoms with Gasteiger partial charge in [0, 0.05) is 25.4 Å². The number of aromatic nitrogens is 2. The number of aryl methyl sites for hydroxylation is 3. The second-order valence-corrected chi connectivity index (χ2v) is 7.32. The zero-order valence-electron chi connectivity index (χ0n) is 15.6. The van der Waals surface area contributed by atoms with E-state index in [4.69, 9.17) is 4.74 Å². The highest BCUT2D eigenvalue weighted by atomic mass is 32.1. The van der Waals surface area contributed by atoms with Gasteiger partial charge in [-0.15, -0.1) is 11.3 Å². The van der Waals surface area contributed by atoms with Gasteiger partial charge in [-0.3, -0.25) is 9.78 Å². The van der Waals surface area contributed by atoms with E-state index in [0.29, 0.717) is 11.4 Å². The third-order valence-electron chi connectivity index (χ3n) is 4.28. The van der Waals surface area contributed by atoms with E-state index in [1.165, 1.54) is 16.9 Å². The largest absolute Gasteiger partial charge is 0.497 e. The van der Waals surface area contributed by atoms with Crippen LogP contribution in [0.1, 0.15) is 31.5 Å². The lowest BCUT2D eigenvalue weighted by atomic mass is 10.1. The standard InChI is InChI=1S/C21H23N3O2S/c1-15-20(27-19(24-15)8-5-17-9-12-22-13-10-17)21(25)23-14-11-16-3-6-18(26-2)7-4-16/h3-4,6-7,9-10,12-13H,5,8,11,14H2,1-2H3,(H,23,25). The third kappa shape index (κ3) is 5.37. The number of hydrogen-bond acceptors (Lipinski definition) is 5. The van der Waals surface area contributed by atoms with Gasteiger partial charge < -0.3 is 10.1 Å². The molecule has 0 saturated carbocycles. The maximum atomic E-state index is 12.5. The number of nitrogens with one attached hydrogen (secondary N) is 1. The number of methoxy groups -OCH3 is 1. The molecule has 2 heterocycles. The maximum absolute atomic E-state index is 12.5. The van der Waals surface area contributed by atoms with E-state index in [1.54, 1.807) is 19.5 Å². The summed E-state index contributed by atoms with van der Waals surface area (Å²) in [7, 11) is 1.65. The molecule has 0 aliphatic rings. The molecule has 1 amide bonds. The predicted molar refractivity (Wildman–Crippen MR) is 108 cm³/mol. The minimum absolute atomic E-state index is 0.0475. The lowest BCUT2D eigenvalue weighted by Gasteiger charge is -2.05. The van der Waals surface area contributed by atoms with Gasteiger partial charge in [0.05, 0.1) is 17.8 Å². The van der Waals surface area contributed by atoms with Gasteiger partial charge in [-0.05, 0) is 55.2 Å². The average molecular weight is 382 g/mol. The summed E-state index contributed by atoms with van der Waals surface area (Å²) in [4.78, 5) is 21.8. The van der Waals surface area contributed by atoms with Crippen molar-refractivity contribution in [3.63, 3.8) is 0 Å². The van der Waals surface area contributed by atoms with Crippen molar-refractivity contribution < 1.29 is 9.53 Å². The molecule has 2 aromatic heterocycles. The summed E-state index contributed by atoms with van der Waals surface area (Å²) in [5.41, 5.74) is 3.19. The zero-order valence-corrected chi connectivity index (χ0v) is 16.4. The Hall–Kier alpha value is -2.73. The maximum Gasteiger partial charge on any atom is 0.263 e. The number of carbonyl (C=O) groups is 1. The summed E-state index contributed by atoms with van der Waals surface area (Å²) in [5.74, 6) is 0.788. The van der Waals surface area contributed by atoms with Crippen LogP contribution in [0, 0.1) is 6.92 Å². The number of ether oxygens (including phenoxy) is 1. The van der Waals surface area contributed by atoms with E-state index in [-0.39, 0.29) is 5.91 Å². The molecule has 0 atom stereocenters. The van der Waals surface area contributed by atoms with E-state index in [2.05, 4.69) is 15.3 Å². The predicted octanol–water partition coefficient (Wildman–Crippen LogP) is 3.61. The van der Waals surface area contributed by atoms with Crippen LogP contribution in [0.15, 0.2) is 48.8 Å². The van der Waals surface area contributed by atoms with Crippen LogP contribution < -0.4 is 10.1 Å². The topological polar surface area (TPSA) is 64.1 Å². The molecule has 3 aromatic rings. The Kier molecular flexibility index (Phi) is 6.54. The van der Waals surface area contributed by atoms with Crippen LogP contribution in [0.25, 0.3) is 0 Å². The summed E-state index contributed by atoms with van der Waals surface area (Å²) in [6.45, 7) is 2.49. The number of rotatable bonds is 8. The van der Waals surface area contributed by atoms with E-state index in [1.807, 2.05) is 43.3 Å². The average Bonchev–Trinajstić information content (AvgIpc) is 3.08. The Balaban J connectivity index is 1.51. The van der Waals surface area contributed by atoms with E-state index in [9.17, 15) is 4.79 Å². The fourth-order valence-corrected chi connectivity index (χ4v) is 3.74. The smallest absolute Gasteiger partial charge is 0.263 e. The van der Waals surface area contributed by atoms with Gasteiger partial charge in [0.1, 0.15) is 10.6 Å². The van der Waals surface area contributed by atoms with Gasteiger partial charge in [-0.1, -0.05) is 12.1 Å². The number of carbonyl (C=O) groups excluding carboxylic acids is 1. The summed E-state index contributed by atoms with van der Waals surface area (Å²) in [6, 6.07) is 11.9. The fraction of sp³-hybridized carbons (Fsp3) is 0.286. The third-order valence-corrected chi connectivity index (χ3v) is 5.50. The van der Waals surface area contributed by atoms with Crippen LogP contribution in [0.3, 0.4) is 0 Å². The SMILES string of the molecule is COc1ccc(CCNC(=O)c2sc(CCc3ccncc3)nc2C)cc1. The molecule has 1 N–H and O–H groups in total. The van der Waals surface area contributed by atoms with Crippen molar-refractivity contribution >= 4 is 17.2 Å². The molecule has 140 valence electrons. The molecule has 27 heavy (non-hydrogen) atoms. The molecule has 0 fully saturated rings. The first-order valence-electron chi connectivity index (χ1n) is 8.92. The van der Waals surface area contributed by atoms with E-state index >= 15 is 0 Å². The van der Waals surface area contributed by atoms with Crippen molar-refractivity contribution in [1.29, 1.82) is 0 Å². The van der Waals surface area contributed by atoms with Crippen LogP contribution in [0.4, 0.5) is 0 Å². The van der Waals surface area contributed by atoms with Crippen molar-refractivity contribution in [3.8, 4) is 5.75 Å². The van der Waals surface area contributed by atoms with Crippen molar-refractivity contribution in [2.45, 2.75) is 26.2 Å². The van der Waals surface area contributed by atoms with Crippen molar-refractivity contribution in [2.75, 3.05) is 13.7 Å². The molecular weight excluding hydrogens is 358 g/mol. The second kappa shape index (κ2) is 9.28. The van der Waals surface area contributed by atoms with Gasteiger partial charge >= 0.3 is 0 Å². The molecule has 0 saturated heterocycles. The zero-order chi connectivity index (χ0) is 19.1. The fourth-order valence-electron chi connectivity index (χ4n) is 2.76. The molecule has 3 rings (SSSR count). The van der Waals surface area contributed by atoms with Crippen LogP contribution in [-0.2, 0) is 19.3 Å². The molecule has 5 nitrogen and oxygen atoms in total. The normalized spacial score (nSPS) is 10.6. The summed E-state index contributed by atoms with van der Waals surface area (Å²) in [5, 5.41) is 3.99. The second-order valence-electron chi connectivity index (χ2n) is 6.23. The van der Waals surface area contributed by atoms with Gasteiger partial charge in [-0.2, -0.15) is 0 Å². The lowest BCUT2D eigenvalue weighted by Crippen LogP contribution is -2.25. The molecule has 1 aromatic carbocycles. The van der Waals surface area contributed by atoms with Gasteiger partial charge in [0.25, 0.3) is 5.91 Å². The van der Waals surface area contributed by atoms with Crippen molar-refractivity contribution in [3.05, 3.63) is 75.5 Å². The van der Waals surface area contributed by atoms with Crippen LogP contribution in [0.5, 0.6) is 5.75 Å². The van der Waals surface area contributed by atoms with Gasteiger partial charge in [0.15, 0.2) is 0 Å². The van der Waals surface area contributed by atoms with Gasteiger partial charge in [-0.25, -0.2) is 4.98 Å². The Morgan fingerprint density at radius 2 is 1.74 bits per heavy atom. The molecule has 0 unspecified atom stereocenters. The Morgan fingerprint density at radius 1 is 1.04 bits per heavy atom. The summed E-state index contributed by atoms with van der Waals surface area (Å²) >= 11 is 1.48. The molecule has 0 bridgehead atoms. The van der Waals surface area contributed by atoms with Crippen LogP contribution in [0.2, 0.25) is 0 Å². The molecular formula is C21H23N3O2S. The Bertz CT molecular complexity index is 876. The molecule has 6 heteroatoms. The van der Waals surface area contributed by atoms with Crippen LogP contribution >= 0.6 is 11.3 Å². The highest BCUT2D eigenvalue weighted by molar-refractivity contribution is 7.13. The lowest BCUT2D eigenvalue weighted by molar-refractivity contribution is 0.0957. The van der Waals surface area contributed by atoms with Gasteiger partial charge in [0.2, 0.25) is 0 Å². The number of amides is 1. The number of thiazole rings is 1. The van der Waals surface area contributed by atoms with Crippen molar-refractivity contribution in [1.82, 2.24) is 15.3 Å². The number of benzene rings is 1. The first-order chi connectivity index (χ1) is 13.2. The number of nitrogens with zero attached hydrogens (tertiary/aromatic N) is 2. The van der Waals surface area contributed by atoms with Crippen LogP contribution in [-0.4, -0.2) is 29.5 Å². The van der Waals surface area contributed by atoms with E-state index in [0.717, 1.165) is 41.3 Å². The first kappa shape index (κ1) is 19.0. The number of hydrogen-bond donors (Lipinski definition) is 1. The number of pyridine rings is 1. The highest BCUT2D eigenvalue weighted by Crippen LogP contribution is 2.20. The first-order valence-corrected chi connectivity index (χ1v) is 9.73. The summed E-state index contributed by atoms with van der Waals surface area (Å²) < 4.78 is 5.15. The Labute approximate surface area is 163 Å². The minimum Gasteiger partial charge on any atom is -0.497 e. The van der Waals surface area contributed by atoms with E-state index < -0.39 is 0 Å². The highest BCUT2D eigenvalue weighted by Gasteiger charge is 2.15. The molecule has 0 radical (unpaired) electrons. The Morgan fingerprint density at radius 3 is 2.44 bits per heavy atom. The molecule has 0 aliphatic heterocycles. The quantitative estimate of drug-likeness (QED) is 0.647. The molecule has 0 aliphatic carbocycles.